The average Bonchev–Trinajstić information content (AvgIpc) is 2.88. The number of halogens is 2. The van der Waals surface area contributed by atoms with Gasteiger partial charge in [-0.05, 0) is 31.0 Å². The third-order valence-corrected chi connectivity index (χ3v) is 4.38. The maximum atomic E-state index is 12.6. The minimum atomic E-state index is -2.67. The van der Waals surface area contributed by atoms with Crippen molar-refractivity contribution < 1.29 is 13.0 Å². The lowest BCUT2D eigenvalue weighted by Crippen LogP contribution is -2.00. The maximum Gasteiger partial charge on any atom is 0.295 e. The van der Waals surface area contributed by atoms with Crippen LogP contribution in [0, 0.1) is 25.2 Å². The number of benzene rings is 1. The molecule has 110 valence electrons. The molecule has 1 atom stereocenters. The van der Waals surface area contributed by atoms with E-state index in [9.17, 15) is 13.0 Å². The Kier molecular flexibility index (Phi) is 4.48. The predicted molar refractivity (Wildman–Crippen MR) is 75.3 cm³/mol. The van der Waals surface area contributed by atoms with Crippen molar-refractivity contribution in [1.29, 1.82) is 5.26 Å². The van der Waals surface area contributed by atoms with E-state index in [0.717, 1.165) is 11.1 Å². The van der Waals surface area contributed by atoms with E-state index in [-0.39, 0.29) is 5.75 Å². The van der Waals surface area contributed by atoms with Gasteiger partial charge in [-0.3, -0.25) is 4.21 Å². The molecule has 2 rings (SSSR count). The first-order valence-corrected chi connectivity index (χ1v) is 7.46. The van der Waals surface area contributed by atoms with Gasteiger partial charge in [0.15, 0.2) is 5.82 Å². The first-order valence-electron chi connectivity index (χ1n) is 6.14. The number of aromatic amines is 1. The van der Waals surface area contributed by atoms with Gasteiger partial charge in [0, 0.05) is 10.5 Å². The van der Waals surface area contributed by atoms with E-state index < -0.39 is 23.0 Å². The van der Waals surface area contributed by atoms with E-state index in [4.69, 9.17) is 5.26 Å². The molecule has 2 aromatic rings. The smallest absolute Gasteiger partial charge is 0.295 e. The van der Waals surface area contributed by atoms with Crippen molar-refractivity contribution in [2.45, 2.75) is 25.2 Å². The first-order chi connectivity index (χ1) is 9.93. The molecule has 0 spiro atoms. The Morgan fingerprint density at radius 2 is 2.10 bits per heavy atom. The third-order valence-electron chi connectivity index (χ3n) is 3.06. The predicted octanol–water partition coefficient (Wildman–Crippen LogP) is 3.26. The second-order valence-corrected chi connectivity index (χ2v) is 5.98. The molecule has 0 amide bonds. The minimum Gasteiger partial charge on any atom is -0.337 e. The van der Waals surface area contributed by atoms with Crippen molar-refractivity contribution in [3.63, 3.8) is 0 Å². The van der Waals surface area contributed by atoms with Crippen molar-refractivity contribution in [3.8, 4) is 17.3 Å². The molecule has 21 heavy (non-hydrogen) atoms. The van der Waals surface area contributed by atoms with E-state index in [0.29, 0.717) is 16.2 Å². The van der Waals surface area contributed by atoms with Crippen molar-refractivity contribution in [2.24, 2.45) is 0 Å². The van der Waals surface area contributed by atoms with Crippen LogP contribution >= 0.6 is 0 Å². The summed E-state index contributed by atoms with van der Waals surface area (Å²) in [6.45, 7) is 3.64. The molecule has 0 aliphatic heterocycles. The van der Waals surface area contributed by atoms with Gasteiger partial charge in [0.1, 0.15) is 5.75 Å². The molecule has 1 unspecified atom stereocenters. The van der Waals surface area contributed by atoms with Crippen molar-refractivity contribution in [1.82, 2.24) is 9.97 Å². The Hall–Kier alpha value is -2.07. The number of rotatable bonds is 4. The number of hydrogen-bond donors (Lipinski definition) is 1. The molecule has 0 saturated heterocycles. The molecular weight excluding hydrogens is 296 g/mol. The van der Waals surface area contributed by atoms with Crippen LogP contribution < -0.4 is 0 Å². The summed E-state index contributed by atoms with van der Waals surface area (Å²) < 4.78 is 37.2. The van der Waals surface area contributed by atoms with Crippen LogP contribution in [-0.4, -0.2) is 19.9 Å². The molecule has 7 heteroatoms. The molecule has 0 saturated carbocycles. The second kappa shape index (κ2) is 6.14. The van der Waals surface area contributed by atoms with Gasteiger partial charge in [-0.1, -0.05) is 6.07 Å². The molecule has 1 N–H and O–H groups in total. The molecule has 1 aromatic heterocycles. The van der Waals surface area contributed by atoms with Gasteiger partial charge in [0.25, 0.3) is 6.43 Å². The van der Waals surface area contributed by atoms with Crippen LogP contribution in [0.5, 0.6) is 0 Å². The zero-order valence-corrected chi connectivity index (χ0v) is 12.3. The minimum absolute atomic E-state index is 0.103. The summed E-state index contributed by atoms with van der Waals surface area (Å²) in [7, 11) is -1.43. The number of imidazole rings is 1. The van der Waals surface area contributed by atoms with Crippen LogP contribution in [0.3, 0.4) is 0 Å². The monoisotopic (exact) mass is 309 g/mol. The second-order valence-electron chi connectivity index (χ2n) is 4.56. The fraction of sp³-hybridized carbons (Fsp3) is 0.286. The number of aromatic nitrogens is 2. The summed E-state index contributed by atoms with van der Waals surface area (Å²) in [5.74, 6) is -0.501. The van der Waals surface area contributed by atoms with E-state index >= 15 is 0 Å². The van der Waals surface area contributed by atoms with Crippen LogP contribution in [0.25, 0.3) is 11.3 Å². The van der Waals surface area contributed by atoms with Gasteiger partial charge in [0.2, 0.25) is 0 Å². The van der Waals surface area contributed by atoms with Crippen LogP contribution in [0.15, 0.2) is 23.2 Å². The van der Waals surface area contributed by atoms with Gasteiger partial charge >= 0.3 is 0 Å². The number of H-pyrrole nitrogens is 1. The summed E-state index contributed by atoms with van der Waals surface area (Å²) in [6.07, 6.45) is -1.34. The SMILES string of the molecule is Cc1cc(C)c(S(=O)CC#N)cc1-c1cnc(C(F)F)[nH]1. The lowest BCUT2D eigenvalue weighted by Gasteiger charge is -2.10. The van der Waals surface area contributed by atoms with Crippen molar-refractivity contribution in [3.05, 3.63) is 35.3 Å². The quantitative estimate of drug-likeness (QED) is 0.942. The van der Waals surface area contributed by atoms with Crippen molar-refractivity contribution >= 4 is 10.8 Å². The highest BCUT2D eigenvalue weighted by atomic mass is 32.2. The average molecular weight is 309 g/mol. The summed E-state index contributed by atoms with van der Waals surface area (Å²) >= 11 is 0. The molecule has 0 radical (unpaired) electrons. The van der Waals surface area contributed by atoms with Gasteiger partial charge < -0.3 is 4.98 Å². The van der Waals surface area contributed by atoms with Gasteiger partial charge in [-0.15, -0.1) is 0 Å². The lowest BCUT2D eigenvalue weighted by atomic mass is 10.0. The van der Waals surface area contributed by atoms with E-state index in [2.05, 4.69) is 9.97 Å². The molecule has 0 aliphatic carbocycles. The highest BCUT2D eigenvalue weighted by Gasteiger charge is 2.16. The highest BCUT2D eigenvalue weighted by molar-refractivity contribution is 7.85. The Bertz CT molecular complexity index is 734. The largest absolute Gasteiger partial charge is 0.337 e. The Morgan fingerprint density at radius 3 is 2.67 bits per heavy atom. The zero-order chi connectivity index (χ0) is 15.6. The molecule has 1 heterocycles. The van der Waals surface area contributed by atoms with Gasteiger partial charge in [0.05, 0.1) is 28.8 Å². The summed E-state index contributed by atoms with van der Waals surface area (Å²) in [6, 6.07) is 5.36. The van der Waals surface area contributed by atoms with E-state index in [1.807, 2.05) is 19.1 Å². The number of nitrogens with one attached hydrogen (secondary N) is 1. The van der Waals surface area contributed by atoms with Crippen molar-refractivity contribution in [2.75, 3.05) is 5.75 Å². The molecule has 0 aliphatic rings. The van der Waals surface area contributed by atoms with Gasteiger partial charge in [-0.25, -0.2) is 13.8 Å². The Balaban J connectivity index is 2.50. The van der Waals surface area contributed by atoms with Gasteiger partial charge in [-0.2, -0.15) is 5.26 Å². The Labute approximate surface area is 123 Å². The van der Waals surface area contributed by atoms with Crippen LogP contribution in [-0.2, 0) is 10.8 Å². The summed E-state index contributed by atoms with van der Waals surface area (Å²) in [4.78, 5) is 6.73. The molecular formula is C14H13F2N3OS. The van der Waals surface area contributed by atoms with Crippen LogP contribution in [0.2, 0.25) is 0 Å². The van der Waals surface area contributed by atoms with E-state index in [1.54, 1.807) is 13.0 Å². The maximum absolute atomic E-state index is 12.6. The number of nitriles is 1. The number of aryl methyl sites for hydroxylation is 2. The van der Waals surface area contributed by atoms with Crippen LogP contribution in [0.4, 0.5) is 8.78 Å². The molecule has 0 bridgehead atoms. The number of hydrogen-bond acceptors (Lipinski definition) is 3. The highest BCUT2D eigenvalue weighted by Crippen LogP contribution is 2.28. The lowest BCUT2D eigenvalue weighted by molar-refractivity contribution is 0.141. The fourth-order valence-corrected chi connectivity index (χ4v) is 3.03. The number of nitrogens with zero attached hydrogens (tertiary/aromatic N) is 2. The molecule has 1 aromatic carbocycles. The third kappa shape index (κ3) is 3.16. The summed E-state index contributed by atoms with van der Waals surface area (Å²) in [5, 5.41) is 8.65. The Morgan fingerprint density at radius 1 is 1.38 bits per heavy atom. The first kappa shape index (κ1) is 15.3. The molecule has 0 fully saturated rings. The number of alkyl halides is 2. The normalized spacial score (nSPS) is 12.4. The fourth-order valence-electron chi connectivity index (χ4n) is 2.09. The van der Waals surface area contributed by atoms with Crippen LogP contribution in [0.1, 0.15) is 23.4 Å². The summed E-state index contributed by atoms with van der Waals surface area (Å²) in [5.41, 5.74) is 2.76. The standard InChI is InChI=1S/C14H13F2N3OS/c1-8-5-9(2)12(21(20)4-3-17)6-10(8)11-7-18-14(19-11)13(15)16/h5-7,13H,4H2,1-2H3,(H,18,19). The molecule has 4 nitrogen and oxygen atoms in total. The topological polar surface area (TPSA) is 69.5 Å². The van der Waals surface area contributed by atoms with E-state index in [1.165, 1.54) is 6.20 Å². The zero-order valence-electron chi connectivity index (χ0n) is 11.5.